The van der Waals surface area contributed by atoms with Gasteiger partial charge in [-0.25, -0.2) is 9.37 Å². The molecule has 0 saturated carbocycles. The van der Waals surface area contributed by atoms with Crippen LogP contribution >= 0.6 is 0 Å². The third-order valence-electron chi connectivity index (χ3n) is 4.82. The van der Waals surface area contributed by atoms with Gasteiger partial charge in [0.2, 0.25) is 0 Å². The van der Waals surface area contributed by atoms with Crippen LogP contribution in [0.3, 0.4) is 0 Å². The van der Waals surface area contributed by atoms with Crippen molar-refractivity contribution in [1.82, 2.24) is 19.4 Å². The molecule has 1 fully saturated rings. The van der Waals surface area contributed by atoms with Crippen LogP contribution in [0.2, 0.25) is 0 Å². The molecule has 0 bridgehead atoms. The Balaban J connectivity index is 1.57. The van der Waals surface area contributed by atoms with E-state index < -0.39 is 0 Å². The second kappa shape index (κ2) is 7.23. The predicted molar refractivity (Wildman–Crippen MR) is 89.6 cm³/mol. The molecule has 1 aliphatic rings. The van der Waals surface area contributed by atoms with Crippen LogP contribution in [0.15, 0.2) is 36.7 Å². The van der Waals surface area contributed by atoms with E-state index in [1.54, 1.807) is 12.1 Å². The van der Waals surface area contributed by atoms with Gasteiger partial charge < -0.3 is 4.57 Å². The van der Waals surface area contributed by atoms with Crippen LogP contribution < -0.4 is 0 Å². The van der Waals surface area contributed by atoms with Crippen LogP contribution in [0.5, 0.6) is 0 Å². The Labute approximate surface area is 137 Å². The van der Waals surface area contributed by atoms with E-state index in [2.05, 4.69) is 33.2 Å². The second-order valence-corrected chi connectivity index (χ2v) is 6.14. The zero-order valence-electron chi connectivity index (χ0n) is 14.0. The number of nitrogens with zero attached hydrogens (tertiary/aromatic N) is 4. The maximum absolute atomic E-state index is 14.0. The molecule has 1 aliphatic heterocycles. The van der Waals surface area contributed by atoms with E-state index in [-0.39, 0.29) is 11.9 Å². The normalized spacial score (nSPS) is 18.2. The third-order valence-corrected chi connectivity index (χ3v) is 4.82. The molecule has 1 saturated heterocycles. The minimum atomic E-state index is -0.104. The lowest BCUT2D eigenvalue weighted by molar-refractivity contribution is 0.0942. The Hall–Kier alpha value is -1.72. The molecule has 0 aliphatic carbocycles. The lowest BCUT2D eigenvalue weighted by atomic mass is 10.1. The van der Waals surface area contributed by atoms with Gasteiger partial charge in [0.05, 0.1) is 6.54 Å². The van der Waals surface area contributed by atoms with E-state index in [9.17, 15) is 4.39 Å². The average Bonchev–Trinajstić information content (AvgIpc) is 3.02. The van der Waals surface area contributed by atoms with Crippen molar-refractivity contribution < 1.29 is 4.39 Å². The van der Waals surface area contributed by atoms with E-state index in [1.165, 1.54) is 0 Å². The van der Waals surface area contributed by atoms with E-state index in [0.29, 0.717) is 0 Å². The van der Waals surface area contributed by atoms with Crippen LogP contribution in [-0.2, 0) is 13.1 Å². The fraction of sp³-hybridized carbons (Fsp3) is 0.500. The van der Waals surface area contributed by atoms with Gasteiger partial charge in [-0.3, -0.25) is 9.80 Å². The van der Waals surface area contributed by atoms with Gasteiger partial charge >= 0.3 is 0 Å². The summed E-state index contributed by atoms with van der Waals surface area (Å²) in [5, 5.41) is 0. The summed E-state index contributed by atoms with van der Waals surface area (Å²) in [5.74, 6) is 1.02. The highest BCUT2D eigenvalue weighted by Gasteiger charge is 2.24. The molecule has 4 nitrogen and oxygen atoms in total. The maximum atomic E-state index is 14.0. The quantitative estimate of drug-likeness (QED) is 0.848. The number of aromatic nitrogens is 2. The summed E-state index contributed by atoms with van der Waals surface area (Å²) in [5.41, 5.74) is 0.794. The highest BCUT2D eigenvalue weighted by Crippen LogP contribution is 2.24. The molecule has 0 unspecified atom stereocenters. The first kappa shape index (κ1) is 16.1. The van der Waals surface area contributed by atoms with E-state index in [1.807, 2.05) is 24.5 Å². The first-order chi connectivity index (χ1) is 11.2. The Kier molecular flexibility index (Phi) is 5.08. The highest BCUT2D eigenvalue weighted by atomic mass is 19.1. The fourth-order valence-corrected chi connectivity index (χ4v) is 3.30. The van der Waals surface area contributed by atoms with Crippen LogP contribution in [0, 0.1) is 5.82 Å². The van der Waals surface area contributed by atoms with Crippen molar-refractivity contribution in [3.05, 3.63) is 53.9 Å². The minimum absolute atomic E-state index is 0.104. The van der Waals surface area contributed by atoms with Crippen molar-refractivity contribution in [2.75, 3.05) is 26.2 Å². The van der Waals surface area contributed by atoms with E-state index in [4.69, 9.17) is 0 Å². The van der Waals surface area contributed by atoms with Gasteiger partial charge in [0, 0.05) is 56.7 Å². The summed E-state index contributed by atoms with van der Waals surface area (Å²) in [6.07, 6.45) is 3.90. The molecule has 23 heavy (non-hydrogen) atoms. The topological polar surface area (TPSA) is 24.3 Å². The lowest BCUT2D eigenvalue weighted by Crippen LogP contribution is -2.47. The SMILES string of the molecule is CCn1ccnc1CN1CCN([C@H](C)c2ccccc2F)CC1. The van der Waals surface area contributed by atoms with E-state index >= 15 is 0 Å². The average molecular weight is 316 g/mol. The second-order valence-electron chi connectivity index (χ2n) is 6.14. The number of imidazole rings is 1. The predicted octanol–water partition coefficient (Wildman–Crippen LogP) is 2.92. The van der Waals surface area contributed by atoms with Crippen molar-refractivity contribution in [2.45, 2.75) is 33.0 Å². The molecule has 0 radical (unpaired) electrons. The van der Waals surface area contributed by atoms with Gasteiger partial charge in [-0.05, 0) is 19.9 Å². The molecule has 0 amide bonds. The van der Waals surface area contributed by atoms with Gasteiger partial charge in [0.25, 0.3) is 0 Å². The van der Waals surface area contributed by atoms with Gasteiger partial charge in [-0.1, -0.05) is 18.2 Å². The molecule has 2 aromatic rings. The Morgan fingerprint density at radius 3 is 2.61 bits per heavy atom. The van der Waals surface area contributed by atoms with Crippen LogP contribution in [-0.4, -0.2) is 45.5 Å². The summed E-state index contributed by atoms with van der Waals surface area (Å²) < 4.78 is 16.1. The van der Waals surface area contributed by atoms with Gasteiger partial charge in [-0.2, -0.15) is 0 Å². The van der Waals surface area contributed by atoms with Crippen molar-refractivity contribution in [2.24, 2.45) is 0 Å². The van der Waals surface area contributed by atoms with E-state index in [0.717, 1.165) is 50.7 Å². The zero-order chi connectivity index (χ0) is 16.2. The Morgan fingerprint density at radius 1 is 1.17 bits per heavy atom. The number of aryl methyl sites for hydroxylation is 1. The molecule has 3 rings (SSSR count). The third kappa shape index (κ3) is 3.62. The van der Waals surface area contributed by atoms with Crippen molar-refractivity contribution in [3.8, 4) is 0 Å². The summed E-state index contributed by atoms with van der Waals surface area (Å²) in [7, 11) is 0. The standard InChI is InChI=1S/C18H25FN4/c1-3-22-9-8-20-18(22)14-21-10-12-23(13-11-21)15(2)16-6-4-5-7-17(16)19/h4-9,15H,3,10-14H2,1-2H3/t15-/m1/s1. The molecule has 1 aromatic carbocycles. The van der Waals surface area contributed by atoms with Crippen molar-refractivity contribution in [1.29, 1.82) is 0 Å². The van der Waals surface area contributed by atoms with Crippen molar-refractivity contribution in [3.63, 3.8) is 0 Å². The maximum Gasteiger partial charge on any atom is 0.127 e. The molecule has 0 N–H and O–H groups in total. The summed E-state index contributed by atoms with van der Waals surface area (Å²) >= 11 is 0. The molecule has 1 atom stereocenters. The molecule has 0 spiro atoms. The summed E-state index contributed by atoms with van der Waals surface area (Å²) in [6, 6.07) is 7.22. The zero-order valence-corrected chi connectivity index (χ0v) is 14.0. The minimum Gasteiger partial charge on any atom is -0.334 e. The summed E-state index contributed by atoms with van der Waals surface area (Å²) in [4.78, 5) is 9.24. The first-order valence-electron chi connectivity index (χ1n) is 8.40. The molecule has 5 heteroatoms. The van der Waals surface area contributed by atoms with Gasteiger partial charge in [0.15, 0.2) is 0 Å². The number of piperazine rings is 1. The fourth-order valence-electron chi connectivity index (χ4n) is 3.30. The van der Waals surface area contributed by atoms with Gasteiger partial charge in [-0.15, -0.1) is 0 Å². The van der Waals surface area contributed by atoms with Crippen LogP contribution in [0.1, 0.15) is 31.3 Å². The number of benzene rings is 1. The van der Waals surface area contributed by atoms with Crippen LogP contribution in [0.25, 0.3) is 0 Å². The number of rotatable bonds is 5. The van der Waals surface area contributed by atoms with Crippen molar-refractivity contribution >= 4 is 0 Å². The smallest absolute Gasteiger partial charge is 0.127 e. The lowest BCUT2D eigenvalue weighted by Gasteiger charge is -2.38. The number of hydrogen-bond acceptors (Lipinski definition) is 3. The van der Waals surface area contributed by atoms with Crippen LogP contribution in [0.4, 0.5) is 4.39 Å². The molecule has 1 aromatic heterocycles. The first-order valence-corrected chi connectivity index (χ1v) is 8.40. The molecule has 124 valence electrons. The number of hydrogen-bond donors (Lipinski definition) is 0. The summed E-state index contributed by atoms with van der Waals surface area (Å²) in [6.45, 7) is 9.99. The molecular formula is C18H25FN4. The van der Waals surface area contributed by atoms with Gasteiger partial charge in [0.1, 0.15) is 11.6 Å². The monoisotopic (exact) mass is 316 g/mol. The molecular weight excluding hydrogens is 291 g/mol. The highest BCUT2D eigenvalue weighted by molar-refractivity contribution is 5.20. The largest absolute Gasteiger partial charge is 0.334 e. The number of halogens is 1. The Bertz CT molecular complexity index is 631. The molecule has 2 heterocycles. The Morgan fingerprint density at radius 2 is 1.91 bits per heavy atom.